The zero-order valence-corrected chi connectivity index (χ0v) is 12.0. The van der Waals surface area contributed by atoms with Crippen molar-refractivity contribution in [2.45, 2.75) is 0 Å². The summed E-state index contributed by atoms with van der Waals surface area (Å²) in [5, 5.41) is 12.0. The number of hydrogen-bond acceptors (Lipinski definition) is 3. The number of hydrogen-bond donors (Lipinski definition) is 1. The summed E-state index contributed by atoms with van der Waals surface area (Å²) in [4.78, 5) is 0. The summed E-state index contributed by atoms with van der Waals surface area (Å²) in [6.07, 6.45) is 0. The van der Waals surface area contributed by atoms with Gasteiger partial charge >= 0.3 is 0 Å². The molecule has 0 saturated heterocycles. The second kappa shape index (κ2) is 5.37. The second-order valence-corrected chi connectivity index (χ2v) is 4.79. The molecule has 1 N–H and O–H groups in total. The van der Waals surface area contributed by atoms with Crippen LogP contribution in [-0.4, -0.2) is 19.3 Å². The van der Waals surface area contributed by atoms with Crippen LogP contribution in [0.2, 0.25) is 0 Å². The van der Waals surface area contributed by atoms with E-state index in [1.165, 1.54) is 0 Å². The van der Waals surface area contributed by atoms with Crippen LogP contribution in [0.3, 0.4) is 0 Å². The molecule has 0 aliphatic carbocycles. The largest absolute Gasteiger partial charge is 0.507 e. The molecule has 0 amide bonds. The van der Waals surface area contributed by atoms with Crippen LogP contribution in [0.4, 0.5) is 0 Å². The molecule has 106 valence electrons. The Kier molecular flexibility index (Phi) is 3.40. The van der Waals surface area contributed by atoms with Gasteiger partial charge in [-0.25, -0.2) is 0 Å². The van der Waals surface area contributed by atoms with Gasteiger partial charge in [-0.2, -0.15) is 0 Å². The van der Waals surface area contributed by atoms with Crippen molar-refractivity contribution in [2.24, 2.45) is 0 Å². The Bertz CT molecular complexity index is 779. The Labute approximate surface area is 123 Å². The highest BCUT2D eigenvalue weighted by atomic mass is 16.5. The van der Waals surface area contributed by atoms with Gasteiger partial charge in [0.05, 0.1) is 14.2 Å². The first-order valence-corrected chi connectivity index (χ1v) is 6.67. The van der Waals surface area contributed by atoms with Crippen LogP contribution in [0, 0.1) is 0 Å². The van der Waals surface area contributed by atoms with Gasteiger partial charge in [-0.3, -0.25) is 0 Å². The maximum Gasteiger partial charge on any atom is 0.161 e. The summed E-state index contributed by atoms with van der Waals surface area (Å²) in [5.74, 6) is 1.48. The third-order valence-corrected chi connectivity index (χ3v) is 3.54. The van der Waals surface area contributed by atoms with Gasteiger partial charge in [0.2, 0.25) is 0 Å². The third kappa shape index (κ3) is 2.38. The first-order valence-electron chi connectivity index (χ1n) is 6.67. The fourth-order valence-electron chi connectivity index (χ4n) is 2.47. The van der Waals surface area contributed by atoms with E-state index in [1.54, 1.807) is 26.4 Å². The number of fused-ring (bicyclic) bond motifs is 1. The molecule has 0 spiro atoms. The van der Waals surface area contributed by atoms with E-state index in [9.17, 15) is 5.11 Å². The highest BCUT2D eigenvalue weighted by molar-refractivity contribution is 5.94. The number of methoxy groups -OCH3 is 2. The summed E-state index contributed by atoms with van der Waals surface area (Å²) < 4.78 is 10.6. The van der Waals surface area contributed by atoms with Crippen LogP contribution in [0.1, 0.15) is 0 Å². The lowest BCUT2D eigenvalue weighted by molar-refractivity contribution is 0.355. The van der Waals surface area contributed by atoms with Gasteiger partial charge in [0, 0.05) is 5.39 Å². The second-order valence-electron chi connectivity index (χ2n) is 4.79. The van der Waals surface area contributed by atoms with Gasteiger partial charge in [0.1, 0.15) is 5.75 Å². The van der Waals surface area contributed by atoms with E-state index < -0.39 is 0 Å². The number of rotatable bonds is 3. The molecule has 3 heteroatoms. The van der Waals surface area contributed by atoms with Crippen molar-refractivity contribution in [3.63, 3.8) is 0 Å². The van der Waals surface area contributed by atoms with Crippen molar-refractivity contribution < 1.29 is 14.6 Å². The molecule has 0 aliphatic rings. The summed E-state index contributed by atoms with van der Waals surface area (Å²) >= 11 is 0. The van der Waals surface area contributed by atoms with Crippen molar-refractivity contribution in [1.82, 2.24) is 0 Å². The molecule has 0 bridgehead atoms. The maximum absolute atomic E-state index is 10.3. The molecule has 0 fully saturated rings. The number of phenolic OH excluding ortho intramolecular Hbond substituents is 1. The molecule has 3 aromatic rings. The van der Waals surface area contributed by atoms with Crippen LogP contribution >= 0.6 is 0 Å². The fourth-order valence-corrected chi connectivity index (χ4v) is 2.47. The first-order chi connectivity index (χ1) is 10.2. The number of aromatic hydroxyl groups is 1. The average molecular weight is 280 g/mol. The lowest BCUT2D eigenvalue weighted by atomic mass is 10.00. The van der Waals surface area contributed by atoms with E-state index in [1.807, 2.05) is 42.5 Å². The molecule has 3 aromatic carbocycles. The van der Waals surface area contributed by atoms with E-state index in [-0.39, 0.29) is 5.75 Å². The molecular formula is C18H16O3. The van der Waals surface area contributed by atoms with Crippen LogP contribution in [-0.2, 0) is 0 Å². The predicted molar refractivity (Wildman–Crippen MR) is 84.2 cm³/mol. The normalized spacial score (nSPS) is 10.6. The topological polar surface area (TPSA) is 38.7 Å². The zero-order chi connectivity index (χ0) is 14.8. The lowest BCUT2D eigenvalue weighted by Gasteiger charge is -2.11. The Morgan fingerprint density at radius 1 is 0.762 bits per heavy atom. The minimum Gasteiger partial charge on any atom is -0.507 e. The molecule has 0 heterocycles. The number of benzene rings is 3. The van der Waals surface area contributed by atoms with Crippen molar-refractivity contribution in [2.75, 3.05) is 14.2 Å². The average Bonchev–Trinajstić information content (AvgIpc) is 2.54. The SMILES string of the molecule is COc1cc2cc(-c3ccccc3)cc(O)c2cc1OC. The van der Waals surface area contributed by atoms with Gasteiger partial charge in [0.15, 0.2) is 11.5 Å². The third-order valence-electron chi connectivity index (χ3n) is 3.54. The predicted octanol–water partition coefficient (Wildman–Crippen LogP) is 4.23. The van der Waals surface area contributed by atoms with Crippen LogP contribution in [0.5, 0.6) is 17.2 Å². The highest BCUT2D eigenvalue weighted by Gasteiger charge is 2.10. The Hall–Kier alpha value is -2.68. The van der Waals surface area contributed by atoms with Gasteiger partial charge in [-0.05, 0) is 40.8 Å². The molecule has 0 unspecified atom stereocenters. The van der Waals surface area contributed by atoms with Gasteiger partial charge < -0.3 is 14.6 Å². The molecule has 0 aliphatic heterocycles. The molecule has 3 rings (SSSR count). The fraction of sp³-hybridized carbons (Fsp3) is 0.111. The van der Waals surface area contributed by atoms with E-state index in [2.05, 4.69) is 0 Å². The van der Waals surface area contributed by atoms with Gasteiger partial charge in [0.25, 0.3) is 0 Å². The minimum atomic E-state index is 0.229. The lowest BCUT2D eigenvalue weighted by Crippen LogP contribution is -1.91. The summed E-state index contributed by atoms with van der Waals surface area (Å²) in [5.41, 5.74) is 2.03. The van der Waals surface area contributed by atoms with Gasteiger partial charge in [-0.1, -0.05) is 30.3 Å². The zero-order valence-electron chi connectivity index (χ0n) is 12.0. The van der Waals surface area contributed by atoms with Crippen molar-refractivity contribution in [3.05, 3.63) is 54.6 Å². The molecule has 21 heavy (non-hydrogen) atoms. The molecule has 0 saturated carbocycles. The van der Waals surface area contributed by atoms with Crippen LogP contribution in [0.25, 0.3) is 21.9 Å². The van der Waals surface area contributed by atoms with E-state index in [4.69, 9.17) is 9.47 Å². The number of phenols is 1. The first kappa shape index (κ1) is 13.3. The number of ether oxygens (including phenoxy) is 2. The summed E-state index contributed by atoms with van der Waals surface area (Å²) in [6.45, 7) is 0. The summed E-state index contributed by atoms with van der Waals surface area (Å²) in [6, 6.07) is 17.4. The van der Waals surface area contributed by atoms with Crippen molar-refractivity contribution >= 4 is 10.8 Å². The molecule has 0 aromatic heterocycles. The standard InChI is InChI=1S/C18H16O3/c1-20-17-10-14-8-13(12-6-4-3-5-7-12)9-16(19)15(14)11-18(17)21-2/h3-11,19H,1-2H3. The van der Waals surface area contributed by atoms with E-state index in [0.29, 0.717) is 11.5 Å². The summed E-state index contributed by atoms with van der Waals surface area (Å²) in [7, 11) is 3.18. The molecule has 3 nitrogen and oxygen atoms in total. The molecule has 0 atom stereocenters. The van der Waals surface area contributed by atoms with Crippen LogP contribution in [0.15, 0.2) is 54.6 Å². The molecule has 0 radical (unpaired) electrons. The smallest absolute Gasteiger partial charge is 0.161 e. The monoisotopic (exact) mass is 280 g/mol. The quantitative estimate of drug-likeness (QED) is 0.780. The Morgan fingerprint density at radius 3 is 2.10 bits per heavy atom. The maximum atomic E-state index is 10.3. The molecular weight excluding hydrogens is 264 g/mol. The van der Waals surface area contributed by atoms with E-state index >= 15 is 0 Å². The minimum absolute atomic E-state index is 0.229. The Balaban J connectivity index is 2.24. The Morgan fingerprint density at radius 2 is 1.43 bits per heavy atom. The van der Waals surface area contributed by atoms with Gasteiger partial charge in [-0.15, -0.1) is 0 Å². The highest BCUT2D eigenvalue weighted by Crippen LogP contribution is 2.38. The van der Waals surface area contributed by atoms with Crippen molar-refractivity contribution in [1.29, 1.82) is 0 Å². The van der Waals surface area contributed by atoms with E-state index in [0.717, 1.165) is 21.9 Å². The van der Waals surface area contributed by atoms with Crippen molar-refractivity contribution in [3.8, 4) is 28.4 Å². The van der Waals surface area contributed by atoms with Crippen LogP contribution < -0.4 is 9.47 Å².